The van der Waals surface area contributed by atoms with Gasteiger partial charge in [0.25, 0.3) is 0 Å². The van der Waals surface area contributed by atoms with E-state index < -0.39 is 27.3 Å². The molecule has 0 atom stereocenters. The van der Waals surface area contributed by atoms with Crippen LogP contribution in [0.5, 0.6) is 11.6 Å². The summed E-state index contributed by atoms with van der Waals surface area (Å²) in [6.07, 6.45) is 1.00. The van der Waals surface area contributed by atoms with Gasteiger partial charge in [0.05, 0.1) is 10.8 Å². The van der Waals surface area contributed by atoms with Crippen molar-refractivity contribution >= 4 is 27.5 Å². The third-order valence-corrected chi connectivity index (χ3v) is 4.82. The van der Waals surface area contributed by atoms with E-state index in [0.29, 0.717) is 5.75 Å². The number of pyridine rings is 1. The summed E-state index contributed by atoms with van der Waals surface area (Å²) >= 11 is 5.60. The van der Waals surface area contributed by atoms with Crippen LogP contribution in [0.4, 0.5) is 4.39 Å². The van der Waals surface area contributed by atoms with E-state index in [-0.39, 0.29) is 45.4 Å². The second kappa shape index (κ2) is 9.49. The van der Waals surface area contributed by atoms with Gasteiger partial charge in [-0.15, -0.1) is 0 Å². The molecule has 2 aromatic carbocycles. The molecule has 0 aliphatic rings. The summed E-state index contributed by atoms with van der Waals surface area (Å²) in [5.74, 6) is -1.51. The minimum absolute atomic E-state index is 0. The van der Waals surface area contributed by atoms with Crippen LogP contribution in [-0.2, 0) is 10.0 Å². The minimum atomic E-state index is -4.37. The molecular weight excluding hydrogens is 418 g/mol. The zero-order chi connectivity index (χ0) is 19.4. The molecule has 0 saturated heterocycles. The molecule has 10 heteroatoms. The Morgan fingerprint density at radius 1 is 1.07 bits per heavy atom. The number of nitrogens with zero attached hydrogens (tertiary/aromatic N) is 2. The Hall–Kier alpha value is -1.97. The summed E-state index contributed by atoms with van der Waals surface area (Å²) in [6, 6.07) is 14.5. The zero-order valence-electron chi connectivity index (χ0n) is 14.5. The molecule has 0 N–H and O–H groups in total. The number of sulfonamides is 1. The van der Waals surface area contributed by atoms with Crippen LogP contribution in [0.25, 0.3) is 4.72 Å². The van der Waals surface area contributed by atoms with Gasteiger partial charge in [0, 0.05) is 22.8 Å². The maximum absolute atomic E-state index is 13.7. The van der Waals surface area contributed by atoms with E-state index in [1.54, 1.807) is 24.3 Å². The number of hydrogen-bond acceptors (Lipinski definition) is 5. The minimum Gasteiger partial charge on any atom is -0.537 e. The predicted molar refractivity (Wildman–Crippen MR) is 97.0 cm³/mol. The van der Waals surface area contributed by atoms with Gasteiger partial charge in [-0.25, -0.2) is 17.8 Å². The third-order valence-electron chi connectivity index (χ3n) is 3.34. The number of amides is 1. The average Bonchev–Trinajstić information content (AvgIpc) is 2.62. The summed E-state index contributed by atoms with van der Waals surface area (Å²) in [7, 11) is -4.37. The fourth-order valence-electron chi connectivity index (χ4n) is 2.06. The van der Waals surface area contributed by atoms with Crippen molar-refractivity contribution in [3.63, 3.8) is 0 Å². The van der Waals surface area contributed by atoms with Crippen LogP contribution in [0.1, 0.15) is 10.4 Å². The average molecular weight is 429 g/mol. The summed E-state index contributed by atoms with van der Waals surface area (Å²) in [5, 5.41) is 0.0742. The molecule has 3 rings (SSSR count). The van der Waals surface area contributed by atoms with Crippen LogP contribution in [-0.4, -0.2) is 19.3 Å². The van der Waals surface area contributed by atoms with Crippen molar-refractivity contribution in [1.29, 1.82) is 0 Å². The number of para-hydroxylation sites is 1. The van der Waals surface area contributed by atoms with Crippen LogP contribution in [0.3, 0.4) is 0 Å². The molecule has 0 unspecified atom stereocenters. The first kappa shape index (κ1) is 22.3. The number of carbonyl (C=O) groups is 1. The third kappa shape index (κ3) is 5.52. The Balaban J connectivity index is 0.00000280. The molecule has 1 aromatic heterocycles. The fraction of sp³-hybridized carbons (Fsp3) is 0. The van der Waals surface area contributed by atoms with Crippen molar-refractivity contribution in [3.8, 4) is 11.6 Å². The van der Waals surface area contributed by atoms with Crippen molar-refractivity contribution in [3.05, 3.63) is 88.0 Å². The van der Waals surface area contributed by atoms with E-state index in [0.717, 1.165) is 18.3 Å². The van der Waals surface area contributed by atoms with Gasteiger partial charge in [-0.2, -0.15) is 0 Å². The molecule has 0 spiro atoms. The number of rotatable bonds is 5. The second-order valence-corrected chi connectivity index (χ2v) is 7.28. The van der Waals surface area contributed by atoms with Crippen molar-refractivity contribution in [2.45, 2.75) is 4.90 Å². The number of hydrogen-bond donors (Lipinski definition) is 0. The summed E-state index contributed by atoms with van der Waals surface area (Å²) < 4.78 is 46.8. The summed E-state index contributed by atoms with van der Waals surface area (Å²) in [4.78, 5) is 15.6. The van der Waals surface area contributed by atoms with E-state index in [9.17, 15) is 17.6 Å². The zero-order valence-corrected chi connectivity index (χ0v) is 18.1. The van der Waals surface area contributed by atoms with E-state index in [1.165, 1.54) is 18.2 Å². The Kier molecular flexibility index (Phi) is 7.56. The van der Waals surface area contributed by atoms with E-state index in [1.807, 2.05) is 6.07 Å². The summed E-state index contributed by atoms with van der Waals surface area (Å²) in [6.45, 7) is 0. The van der Waals surface area contributed by atoms with Crippen LogP contribution < -0.4 is 34.3 Å². The Labute approximate surface area is 188 Å². The first-order valence-corrected chi connectivity index (χ1v) is 9.33. The van der Waals surface area contributed by atoms with Gasteiger partial charge in [0.2, 0.25) is 5.88 Å². The number of benzene rings is 2. The normalized spacial score (nSPS) is 10.6. The standard InChI is InChI=1S/C18H12ClFN2O4S.Na/c19-12-6-8-15(16(20)10-12)18(23)22-27(24,25)14-7-9-17(21-11-14)26-13-4-2-1-3-5-13;/h1-11H,(H,22,23);/q;+1/p-1. The van der Waals surface area contributed by atoms with Gasteiger partial charge in [0.1, 0.15) is 21.6 Å². The van der Waals surface area contributed by atoms with Crippen molar-refractivity contribution in [2.75, 3.05) is 0 Å². The van der Waals surface area contributed by atoms with Gasteiger partial charge < -0.3 is 14.3 Å². The molecule has 6 nitrogen and oxygen atoms in total. The van der Waals surface area contributed by atoms with Crippen molar-refractivity contribution in [2.24, 2.45) is 0 Å². The Morgan fingerprint density at radius 3 is 2.39 bits per heavy atom. The quantitative estimate of drug-likeness (QED) is 0.576. The van der Waals surface area contributed by atoms with Crippen molar-refractivity contribution in [1.82, 2.24) is 4.98 Å². The first-order chi connectivity index (χ1) is 12.8. The molecular formula is C18H11ClFN2NaO4S. The van der Waals surface area contributed by atoms with Crippen LogP contribution in [0.15, 0.2) is 71.8 Å². The molecule has 138 valence electrons. The Bertz CT molecular complexity index is 1080. The second-order valence-electron chi connectivity index (χ2n) is 5.24. The topological polar surface area (TPSA) is 87.4 Å². The molecule has 0 radical (unpaired) electrons. The number of ether oxygens (including phenoxy) is 1. The molecule has 0 bridgehead atoms. The summed E-state index contributed by atoms with van der Waals surface area (Å²) in [5.41, 5.74) is -0.500. The van der Waals surface area contributed by atoms with Gasteiger partial charge in [-0.05, 0) is 36.4 Å². The van der Waals surface area contributed by atoms with Gasteiger partial charge in [-0.3, -0.25) is 0 Å². The SMILES string of the molecule is O=C([N-]S(=O)(=O)c1ccc(Oc2ccccc2)nc1)c1ccc(Cl)cc1F.[Na+]. The smallest absolute Gasteiger partial charge is 0.537 e. The number of carbonyl (C=O) groups excluding carboxylic acids is 1. The Morgan fingerprint density at radius 2 is 1.79 bits per heavy atom. The molecule has 0 aliphatic carbocycles. The first-order valence-electron chi connectivity index (χ1n) is 7.51. The molecule has 0 saturated carbocycles. The monoisotopic (exact) mass is 428 g/mol. The predicted octanol–water partition coefficient (Wildman–Crippen LogP) is 1.57. The van der Waals surface area contributed by atoms with E-state index in [4.69, 9.17) is 16.3 Å². The largest absolute Gasteiger partial charge is 1.00 e. The van der Waals surface area contributed by atoms with E-state index >= 15 is 0 Å². The van der Waals surface area contributed by atoms with Crippen LogP contribution in [0.2, 0.25) is 5.02 Å². The van der Waals surface area contributed by atoms with Crippen LogP contribution in [0, 0.1) is 5.82 Å². The van der Waals surface area contributed by atoms with Gasteiger partial charge in [0.15, 0.2) is 0 Å². The van der Waals surface area contributed by atoms with Gasteiger partial charge >= 0.3 is 29.6 Å². The molecule has 0 aliphatic heterocycles. The number of halogens is 2. The molecule has 3 aromatic rings. The number of aromatic nitrogens is 1. The molecule has 0 fully saturated rings. The maximum atomic E-state index is 13.7. The van der Waals surface area contributed by atoms with E-state index in [2.05, 4.69) is 9.71 Å². The van der Waals surface area contributed by atoms with Crippen LogP contribution >= 0.6 is 11.6 Å². The van der Waals surface area contributed by atoms with Crippen molar-refractivity contribution < 1.29 is 51.9 Å². The maximum Gasteiger partial charge on any atom is 1.00 e. The molecule has 1 amide bonds. The molecule has 28 heavy (non-hydrogen) atoms. The van der Waals surface area contributed by atoms with Gasteiger partial charge in [-0.1, -0.05) is 29.8 Å². The fourth-order valence-corrected chi connectivity index (χ4v) is 3.07. The molecule has 1 heterocycles.